The van der Waals surface area contributed by atoms with Crippen LogP contribution < -0.4 is 10.2 Å². The molecule has 142 valence electrons. The maximum Gasteiger partial charge on any atom is 0.274 e. The van der Waals surface area contributed by atoms with E-state index in [1.165, 1.54) is 5.56 Å². The Labute approximate surface area is 168 Å². The van der Waals surface area contributed by atoms with Gasteiger partial charge in [-0.1, -0.05) is 36.4 Å². The van der Waals surface area contributed by atoms with E-state index >= 15 is 0 Å². The van der Waals surface area contributed by atoms with Crippen molar-refractivity contribution in [1.29, 1.82) is 0 Å². The molecule has 1 atom stereocenters. The fraction of sp³-hybridized carbons (Fsp3) is 0.130. The van der Waals surface area contributed by atoms with Crippen LogP contribution in [0.2, 0.25) is 0 Å². The normalized spacial score (nSPS) is 15.3. The summed E-state index contributed by atoms with van der Waals surface area (Å²) in [6.45, 7) is 2.14. The van der Waals surface area contributed by atoms with E-state index in [1.807, 2.05) is 42.5 Å². The molecule has 2 aromatic carbocycles. The first kappa shape index (κ1) is 17.3. The van der Waals surface area contributed by atoms with Crippen LogP contribution >= 0.6 is 0 Å². The van der Waals surface area contributed by atoms with Crippen molar-refractivity contribution in [1.82, 2.24) is 15.0 Å². The molecule has 3 heterocycles. The van der Waals surface area contributed by atoms with Gasteiger partial charge in [-0.05, 0) is 43.2 Å². The highest BCUT2D eigenvalue weighted by Crippen LogP contribution is 2.36. The number of anilines is 3. The third kappa shape index (κ3) is 3.08. The summed E-state index contributed by atoms with van der Waals surface area (Å²) in [6, 6.07) is 19.6. The van der Waals surface area contributed by atoms with Crippen molar-refractivity contribution >= 4 is 34.1 Å². The Morgan fingerprint density at radius 1 is 1.00 bits per heavy atom. The summed E-state index contributed by atoms with van der Waals surface area (Å²) in [5.74, 6) is 0.248. The number of rotatable bonds is 3. The van der Waals surface area contributed by atoms with Gasteiger partial charge in [-0.3, -0.25) is 9.78 Å². The molecule has 0 saturated heterocycles. The Kier molecular flexibility index (Phi) is 4.17. The molecule has 6 heteroatoms. The van der Waals surface area contributed by atoms with Crippen molar-refractivity contribution in [3.63, 3.8) is 0 Å². The van der Waals surface area contributed by atoms with Crippen molar-refractivity contribution in [2.24, 2.45) is 0 Å². The lowest BCUT2D eigenvalue weighted by atomic mass is 10.1. The monoisotopic (exact) mass is 381 g/mol. The lowest BCUT2D eigenvalue weighted by Crippen LogP contribution is -2.27. The summed E-state index contributed by atoms with van der Waals surface area (Å²) in [7, 11) is 0. The number of nitrogens with one attached hydrogen (secondary N) is 1. The SMILES string of the molecule is CC1Cc2ccccc2N1c1nccc(C(=O)Nc2cccc3cccnc23)n1. The van der Waals surface area contributed by atoms with Crippen molar-refractivity contribution < 1.29 is 4.79 Å². The lowest BCUT2D eigenvalue weighted by Gasteiger charge is -2.22. The molecule has 5 rings (SSSR count). The molecule has 0 bridgehead atoms. The fourth-order valence-corrected chi connectivity index (χ4v) is 3.85. The maximum absolute atomic E-state index is 12.9. The van der Waals surface area contributed by atoms with Crippen LogP contribution in [0, 0.1) is 0 Å². The zero-order chi connectivity index (χ0) is 19.8. The highest BCUT2D eigenvalue weighted by atomic mass is 16.1. The Bertz CT molecular complexity index is 1220. The molecule has 1 aliphatic rings. The van der Waals surface area contributed by atoms with E-state index in [-0.39, 0.29) is 11.9 Å². The van der Waals surface area contributed by atoms with E-state index in [9.17, 15) is 4.79 Å². The molecular formula is C23H19N5O. The molecule has 1 unspecified atom stereocenters. The quantitative estimate of drug-likeness (QED) is 0.571. The van der Waals surface area contributed by atoms with Gasteiger partial charge in [0.1, 0.15) is 5.69 Å². The van der Waals surface area contributed by atoms with Crippen molar-refractivity contribution in [2.75, 3.05) is 10.2 Å². The standard InChI is InChI=1S/C23H19N5O/c1-15-14-17-6-2-3-10-20(17)28(15)23-25-13-11-19(27-23)22(29)26-18-9-4-7-16-8-5-12-24-21(16)18/h2-13,15H,14H2,1H3,(H,26,29). The van der Waals surface area contributed by atoms with Crippen LogP contribution in [-0.2, 0) is 6.42 Å². The van der Waals surface area contributed by atoms with Crippen LogP contribution in [-0.4, -0.2) is 26.9 Å². The van der Waals surface area contributed by atoms with E-state index in [4.69, 9.17) is 0 Å². The Morgan fingerprint density at radius 3 is 2.79 bits per heavy atom. The number of fused-ring (bicyclic) bond motifs is 2. The molecule has 1 aliphatic heterocycles. The molecule has 0 saturated carbocycles. The van der Waals surface area contributed by atoms with E-state index in [0.717, 1.165) is 23.0 Å². The largest absolute Gasteiger partial charge is 0.319 e. The van der Waals surface area contributed by atoms with Crippen LogP contribution in [0.15, 0.2) is 73.1 Å². The number of hydrogen-bond donors (Lipinski definition) is 1. The molecule has 0 spiro atoms. The van der Waals surface area contributed by atoms with Gasteiger partial charge < -0.3 is 10.2 Å². The minimum atomic E-state index is -0.285. The van der Waals surface area contributed by atoms with Crippen molar-refractivity contribution in [3.05, 3.63) is 84.3 Å². The van der Waals surface area contributed by atoms with Crippen LogP contribution in [0.1, 0.15) is 23.0 Å². The molecule has 1 N–H and O–H groups in total. The average molecular weight is 381 g/mol. The third-order valence-corrected chi connectivity index (χ3v) is 5.18. The van der Waals surface area contributed by atoms with Gasteiger partial charge in [0, 0.05) is 29.5 Å². The number of para-hydroxylation sites is 2. The Morgan fingerprint density at radius 2 is 1.86 bits per heavy atom. The van der Waals surface area contributed by atoms with Gasteiger partial charge in [0.25, 0.3) is 5.91 Å². The van der Waals surface area contributed by atoms with E-state index < -0.39 is 0 Å². The third-order valence-electron chi connectivity index (χ3n) is 5.18. The van der Waals surface area contributed by atoms with Crippen molar-refractivity contribution in [3.8, 4) is 0 Å². The summed E-state index contributed by atoms with van der Waals surface area (Å²) < 4.78 is 0. The molecule has 0 fully saturated rings. The minimum absolute atomic E-state index is 0.230. The molecule has 2 aromatic heterocycles. The predicted molar refractivity (Wildman–Crippen MR) is 113 cm³/mol. The first-order chi connectivity index (χ1) is 14.2. The summed E-state index contributed by atoms with van der Waals surface area (Å²) in [5, 5.41) is 3.91. The molecular weight excluding hydrogens is 362 g/mol. The van der Waals surface area contributed by atoms with Crippen LogP contribution in [0.3, 0.4) is 0 Å². The molecule has 6 nitrogen and oxygen atoms in total. The van der Waals surface area contributed by atoms with E-state index in [0.29, 0.717) is 17.3 Å². The predicted octanol–water partition coefficient (Wildman–Crippen LogP) is 4.36. The molecule has 1 amide bonds. The van der Waals surface area contributed by atoms with Gasteiger partial charge in [-0.15, -0.1) is 0 Å². The summed E-state index contributed by atoms with van der Waals surface area (Å²) in [6.07, 6.45) is 4.27. The zero-order valence-corrected chi connectivity index (χ0v) is 15.9. The summed E-state index contributed by atoms with van der Waals surface area (Å²) in [5.41, 5.74) is 4.09. The Balaban J connectivity index is 1.46. The highest BCUT2D eigenvalue weighted by Gasteiger charge is 2.29. The average Bonchev–Trinajstić information content (AvgIpc) is 3.10. The van der Waals surface area contributed by atoms with Crippen LogP contribution in [0.5, 0.6) is 0 Å². The second-order valence-electron chi connectivity index (χ2n) is 7.13. The highest BCUT2D eigenvalue weighted by molar-refractivity contribution is 6.07. The fourth-order valence-electron chi connectivity index (χ4n) is 3.85. The van der Waals surface area contributed by atoms with Gasteiger partial charge in [0.2, 0.25) is 5.95 Å². The number of aromatic nitrogens is 3. The molecule has 4 aromatic rings. The zero-order valence-electron chi connectivity index (χ0n) is 15.9. The Hall–Kier alpha value is -3.80. The van der Waals surface area contributed by atoms with Crippen LogP contribution in [0.25, 0.3) is 10.9 Å². The van der Waals surface area contributed by atoms with Crippen molar-refractivity contribution in [2.45, 2.75) is 19.4 Å². The first-order valence-electron chi connectivity index (χ1n) is 9.56. The minimum Gasteiger partial charge on any atom is -0.319 e. The van der Waals surface area contributed by atoms with Crippen LogP contribution in [0.4, 0.5) is 17.3 Å². The number of carbonyl (C=O) groups excluding carboxylic acids is 1. The van der Waals surface area contributed by atoms with Gasteiger partial charge >= 0.3 is 0 Å². The number of nitrogens with zero attached hydrogens (tertiary/aromatic N) is 4. The lowest BCUT2D eigenvalue weighted by molar-refractivity contribution is 0.102. The second kappa shape index (κ2) is 6.98. The number of hydrogen-bond acceptors (Lipinski definition) is 5. The molecule has 29 heavy (non-hydrogen) atoms. The number of amides is 1. The molecule has 0 aliphatic carbocycles. The van der Waals surface area contributed by atoms with E-state index in [2.05, 4.69) is 44.2 Å². The second-order valence-corrected chi connectivity index (χ2v) is 7.13. The maximum atomic E-state index is 12.9. The van der Waals surface area contributed by atoms with E-state index in [1.54, 1.807) is 18.5 Å². The topological polar surface area (TPSA) is 71.0 Å². The summed E-state index contributed by atoms with van der Waals surface area (Å²) in [4.78, 5) is 28.4. The molecule has 0 radical (unpaired) electrons. The number of carbonyl (C=O) groups is 1. The summed E-state index contributed by atoms with van der Waals surface area (Å²) >= 11 is 0. The number of benzene rings is 2. The van der Waals surface area contributed by atoms with Gasteiger partial charge in [0.15, 0.2) is 0 Å². The van der Waals surface area contributed by atoms with Gasteiger partial charge in [0.05, 0.1) is 11.2 Å². The number of pyridine rings is 1. The van der Waals surface area contributed by atoms with Gasteiger partial charge in [-0.25, -0.2) is 9.97 Å². The van der Waals surface area contributed by atoms with Gasteiger partial charge in [-0.2, -0.15) is 0 Å². The smallest absolute Gasteiger partial charge is 0.274 e. The first-order valence-corrected chi connectivity index (χ1v) is 9.56.